The van der Waals surface area contributed by atoms with Crippen LogP contribution in [0.15, 0.2) is 126 Å². The maximum atomic E-state index is 14.4. The van der Waals surface area contributed by atoms with Gasteiger partial charge in [-0.3, -0.25) is 18.7 Å². The van der Waals surface area contributed by atoms with Crippen LogP contribution in [-0.2, 0) is 63.4 Å². The highest BCUT2D eigenvalue weighted by Crippen LogP contribution is 2.49. The standard InChI is InChI=1S/C56H67F6N4O10PS2/c1-37(2)74-50(69)38(3)65-77(71,76-44-15-11-8-12-16-44)73-33-46-49(68)54(6,36-72-32-39-13-9-7-10-14-39)51(75-46)66-29-26-47(64-52(66)70)63-48(67)31-53(4,5)28-25-45(79-35-41-19-23-43(24-20-41)56(60,61)62)27-30-78-34-40-17-21-42(22-18-40)55(57,58)59/h7-24,26,29,37-38,45-46,49,51,68H,25,27-28,30-36H2,1-6H3,(H,65,71)(H,63,64,67,70)/t38-,45+,46+,49?,51+,54?,77?/m0/s1. The molecule has 7 atom stereocenters. The third-order valence-electron chi connectivity index (χ3n) is 12.9. The van der Waals surface area contributed by atoms with Crippen LogP contribution in [0, 0.1) is 10.8 Å². The Balaban J connectivity index is 1.12. The second-order valence-corrected chi connectivity index (χ2v) is 24.7. The van der Waals surface area contributed by atoms with Gasteiger partial charge in [0, 0.05) is 29.4 Å². The van der Waals surface area contributed by atoms with Crippen LogP contribution < -0.4 is 20.6 Å². The van der Waals surface area contributed by atoms with Gasteiger partial charge in [0.25, 0.3) is 0 Å². The van der Waals surface area contributed by atoms with Crippen molar-refractivity contribution >= 4 is 49.0 Å². The van der Waals surface area contributed by atoms with E-state index < -0.39 is 96.8 Å². The molecule has 0 aliphatic carbocycles. The first-order valence-electron chi connectivity index (χ1n) is 25.6. The van der Waals surface area contributed by atoms with Crippen molar-refractivity contribution in [3.05, 3.63) is 160 Å². The van der Waals surface area contributed by atoms with Gasteiger partial charge >= 0.3 is 31.8 Å². The fourth-order valence-corrected chi connectivity index (χ4v) is 12.4. The first-order valence-corrected chi connectivity index (χ1v) is 29.3. The number of aromatic nitrogens is 2. The Morgan fingerprint density at radius 1 is 0.835 bits per heavy atom. The molecule has 3 N–H and O–H groups in total. The van der Waals surface area contributed by atoms with Crippen LogP contribution >= 0.6 is 31.3 Å². The molecular weight excluding hydrogens is 1100 g/mol. The number of aliphatic hydroxyl groups excluding tert-OH is 1. The summed E-state index contributed by atoms with van der Waals surface area (Å²) in [5.74, 6) is 0.540. The zero-order valence-electron chi connectivity index (χ0n) is 44.6. The first-order chi connectivity index (χ1) is 37.2. The van der Waals surface area contributed by atoms with E-state index in [0.29, 0.717) is 42.1 Å². The molecule has 0 spiro atoms. The summed E-state index contributed by atoms with van der Waals surface area (Å²) in [6.07, 6.45) is -9.99. The van der Waals surface area contributed by atoms with Crippen molar-refractivity contribution in [3.63, 3.8) is 0 Å². The van der Waals surface area contributed by atoms with E-state index in [4.69, 9.17) is 23.3 Å². The lowest BCUT2D eigenvalue weighted by Crippen LogP contribution is -2.44. The van der Waals surface area contributed by atoms with Crippen LogP contribution in [0.25, 0.3) is 0 Å². The summed E-state index contributed by atoms with van der Waals surface area (Å²) in [7, 11) is -4.41. The zero-order valence-corrected chi connectivity index (χ0v) is 47.2. The molecule has 79 heavy (non-hydrogen) atoms. The van der Waals surface area contributed by atoms with E-state index in [1.807, 2.05) is 44.2 Å². The molecule has 0 bridgehead atoms. The predicted molar refractivity (Wildman–Crippen MR) is 292 cm³/mol. The number of benzene rings is 4. The quantitative estimate of drug-likeness (QED) is 0.0187. The van der Waals surface area contributed by atoms with E-state index in [-0.39, 0.29) is 36.5 Å². The normalized spacial score (nSPS) is 19.4. The van der Waals surface area contributed by atoms with Gasteiger partial charge in [-0.15, -0.1) is 0 Å². The lowest BCUT2D eigenvalue weighted by Gasteiger charge is -2.33. The lowest BCUT2D eigenvalue weighted by atomic mass is 9.83. The molecule has 3 unspecified atom stereocenters. The van der Waals surface area contributed by atoms with Gasteiger partial charge in [0.2, 0.25) is 5.91 Å². The molecule has 1 aliphatic heterocycles. The van der Waals surface area contributed by atoms with Crippen molar-refractivity contribution in [1.82, 2.24) is 14.6 Å². The van der Waals surface area contributed by atoms with Crippen molar-refractivity contribution in [2.24, 2.45) is 10.8 Å². The third-order valence-corrected chi connectivity index (χ3v) is 17.0. The Bertz CT molecular complexity index is 2850. The molecular formula is C56H67F6N4O10PS2. The number of rotatable bonds is 28. The van der Waals surface area contributed by atoms with E-state index >= 15 is 0 Å². The second kappa shape index (κ2) is 28.0. The number of alkyl halides is 6. The topological polar surface area (TPSA) is 177 Å². The number of hydrogen-bond donors (Lipinski definition) is 3. The Morgan fingerprint density at radius 2 is 1.43 bits per heavy atom. The van der Waals surface area contributed by atoms with Crippen LogP contribution in [0.4, 0.5) is 32.2 Å². The van der Waals surface area contributed by atoms with Crippen LogP contribution in [0.1, 0.15) is 101 Å². The van der Waals surface area contributed by atoms with Gasteiger partial charge < -0.3 is 29.2 Å². The van der Waals surface area contributed by atoms with Crippen LogP contribution in [0.3, 0.4) is 0 Å². The number of halogens is 6. The fraction of sp³-hybridized carbons (Fsp3) is 0.464. The van der Waals surface area contributed by atoms with Crippen LogP contribution in [0.5, 0.6) is 5.75 Å². The van der Waals surface area contributed by atoms with Crippen LogP contribution in [-0.4, -0.2) is 75.1 Å². The SMILES string of the molecule is CC(C)OC(=O)[C@H](C)NP(=O)(OC[C@H]1O[C@@H](n2ccc(NC(=O)CC(C)(C)CC[C@H](CCSCc3ccc(C(F)(F)F)cc3)SCc3ccc(C(F)(F)F)cc3)nc2=O)C(C)(COCc2ccccc2)C1O)Oc1ccccc1. The number of nitrogens with zero attached hydrogens (tertiary/aromatic N) is 2. The maximum Gasteiger partial charge on any atom is 0.459 e. The number of carbonyl (C=O) groups excluding carboxylic acids is 2. The number of amides is 1. The number of para-hydroxylation sites is 1. The molecule has 1 aromatic heterocycles. The highest BCUT2D eigenvalue weighted by atomic mass is 32.2. The molecule has 1 amide bonds. The molecule has 430 valence electrons. The number of ether oxygens (including phenoxy) is 3. The fourth-order valence-electron chi connectivity index (χ4n) is 8.54. The molecule has 2 heterocycles. The van der Waals surface area contributed by atoms with Gasteiger partial charge in [-0.25, -0.2) is 9.36 Å². The van der Waals surface area contributed by atoms with Crippen molar-refractivity contribution in [2.75, 3.05) is 24.3 Å². The number of anilines is 1. The summed E-state index contributed by atoms with van der Waals surface area (Å²) < 4.78 is 124. The van der Waals surface area contributed by atoms with Crippen LogP contribution in [0.2, 0.25) is 0 Å². The van der Waals surface area contributed by atoms with Gasteiger partial charge in [0.1, 0.15) is 29.9 Å². The number of aliphatic hydroxyl groups is 1. The molecule has 1 fully saturated rings. The number of thioether (sulfide) groups is 2. The molecule has 4 aromatic carbocycles. The molecule has 0 saturated carbocycles. The molecule has 0 radical (unpaired) electrons. The van der Waals surface area contributed by atoms with E-state index in [9.17, 15) is 50.4 Å². The van der Waals surface area contributed by atoms with E-state index in [1.54, 1.807) is 74.6 Å². The molecule has 6 rings (SSSR count). The minimum Gasteiger partial charge on any atom is -0.462 e. The van der Waals surface area contributed by atoms with Crippen molar-refractivity contribution in [1.29, 1.82) is 0 Å². The predicted octanol–water partition coefficient (Wildman–Crippen LogP) is 12.7. The summed E-state index contributed by atoms with van der Waals surface area (Å²) in [6.45, 7) is 9.70. The second-order valence-electron chi connectivity index (χ2n) is 20.6. The van der Waals surface area contributed by atoms with Crippen molar-refractivity contribution in [3.8, 4) is 5.75 Å². The summed E-state index contributed by atoms with van der Waals surface area (Å²) in [4.78, 5) is 44.6. The monoisotopic (exact) mass is 1160 g/mol. The number of carbonyl (C=O) groups is 2. The van der Waals surface area contributed by atoms with Gasteiger partial charge in [-0.2, -0.15) is 59.9 Å². The van der Waals surface area contributed by atoms with Gasteiger partial charge in [0.15, 0.2) is 0 Å². The molecule has 5 aromatic rings. The Hall–Kier alpha value is -5.19. The molecule has 1 saturated heterocycles. The average molecular weight is 1170 g/mol. The van der Waals surface area contributed by atoms with Crippen molar-refractivity contribution < 1.29 is 68.9 Å². The summed E-state index contributed by atoms with van der Waals surface area (Å²) in [6, 6.07) is 27.6. The largest absolute Gasteiger partial charge is 0.462 e. The van der Waals surface area contributed by atoms with Crippen molar-refractivity contribution in [2.45, 2.75) is 134 Å². The Morgan fingerprint density at radius 3 is 2.01 bits per heavy atom. The minimum atomic E-state index is -4.47. The Kier molecular flexibility index (Phi) is 22.3. The van der Waals surface area contributed by atoms with Gasteiger partial charge in [0.05, 0.1) is 48.6 Å². The maximum absolute atomic E-state index is 14.4. The van der Waals surface area contributed by atoms with E-state index in [1.165, 1.54) is 43.5 Å². The van der Waals surface area contributed by atoms with E-state index in [2.05, 4.69) is 15.4 Å². The molecule has 1 aliphatic rings. The smallest absolute Gasteiger partial charge is 0.459 e. The van der Waals surface area contributed by atoms with Gasteiger partial charge in [-0.1, -0.05) is 93.6 Å². The van der Waals surface area contributed by atoms with E-state index in [0.717, 1.165) is 40.0 Å². The summed E-state index contributed by atoms with van der Waals surface area (Å²) >= 11 is 3.14. The highest BCUT2D eigenvalue weighted by molar-refractivity contribution is 7.99. The Labute approximate surface area is 464 Å². The minimum absolute atomic E-state index is 0.0173. The zero-order chi connectivity index (χ0) is 57.6. The summed E-state index contributed by atoms with van der Waals surface area (Å²) in [5, 5.41) is 17.4. The number of nitrogens with one attached hydrogen (secondary N) is 2. The van der Waals surface area contributed by atoms with Gasteiger partial charge in [-0.05, 0) is 110 Å². The highest BCUT2D eigenvalue weighted by Gasteiger charge is 2.55. The first kappa shape index (κ1) is 63.0. The molecule has 14 nitrogen and oxygen atoms in total. The number of hydrogen-bond acceptors (Lipinski definition) is 13. The molecule has 23 heteroatoms. The summed E-state index contributed by atoms with van der Waals surface area (Å²) in [5.41, 5.74) is -1.97. The average Bonchev–Trinajstić information content (AvgIpc) is 3.83. The number of esters is 1. The third kappa shape index (κ3) is 19.2. The lowest BCUT2D eigenvalue weighted by molar-refractivity contribution is -0.149.